The third-order valence-corrected chi connectivity index (χ3v) is 3.90. The first kappa shape index (κ1) is 11.7. The molecular formula is C14H24N2. The lowest BCUT2D eigenvalue weighted by molar-refractivity contribution is 0.566. The monoisotopic (exact) mass is 220 g/mol. The number of hydrogen-bond acceptors (Lipinski definition) is 2. The number of nitrogens with zero attached hydrogens (tertiary/aromatic N) is 1. The zero-order chi connectivity index (χ0) is 11.2. The van der Waals surface area contributed by atoms with E-state index < -0.39 is 0 Å². The quantitative estimate of drug-likeness (QED) is 0.656. The van der Waals surface area contributed by atoms with Crippen LogP contribution < -0.4 is 5.43 Å². The maximum Gasteiger partial charge on any atom is 0.0423 e. The van der Waals surface area contributed by atoms with E-state index in [0.29, 0.717) is 5.92 Å². The van der Waals surface area contributed by atoms with Crippen molar-refractivity contribution in [1.29, 1.82) is 0 Å². The van der Waals surface area contributed by atoms with E-state index in [-0.39, 0.29) is 0 Å². The van der Waals surface area contributed by atoms with Gasteiger partial charge in [0.25, 0.3) is 0 Å². The number of hydrogen-bond donors (Lipinski definition) is 1. The molecule has 2 aliphatic rings. The fraction of sp³-hybridized carbons (Fsp3) is 0.786. The first-order valence-corrected chi connectivity index (χ1v) is 6.86. The van der Waals surface area contributed by atoms with E-state index in [9.17, 15) is 0 Å². The molecule has 1 aliphatic carbocycles. The van der Waals surface area contributed by atoms with Crippen molar-refractivity contribution < 1.29 is 0 Å². The molecule has 90 valence electrons. The van der Waals surface area contributed by atoms with Crippen LogP contribution in [0.4, 0.5) is 0 Å². The third-order valence-electron chi connectivity index (χ3n) is 3.90. The van der Waals surface area contributed by atoms with Crippen molar-refractivity contribution in [2.24, 2.45) is 11.0 Å². The van der Waals surface area contributed by atoms with Crippen molar-refractivity contribution >= 4 is 5.71 Å². The van der Waals surface area contributed by atoms with Gasteiger partial charge in [-0.15, -0.1) is 0 Å². The Balaban J connectivity index is 1.99. The largest absolute Gasteiger partial charge is 0.286 e. The predicted octanol–water partition coefficient (Wildman–Crippen LogP) is 3.99. The summed E-state index contributed by atoms with van der Waals surface area (Å²) in [6.45, 7) is 2.17. The second-order valence-corrected chi connectivity index (χ2v) is 5.17. The summed E-state index contributed by atoms with van der Waals surface area (Å²) in [7, 11) is 0. The Bertz CT molecular complexity index is 278. The van der Waals surface area contributed by atoms with Crippen LogP contribution in [0.2, 0.25) is 0 Å². The van der Waals surface area contributed by atoms with Crippen LogP contribution in [-0.2, 0) is 0 Å². The highest BCUT2D eigenvalue weighted by atomic mass is 15.3. The molecule has 0 amide bonds. The lowest BCUT2D eigenvalue weighted by atomic mass is 9.86. The van der Waals surface area contributed by atoms with Crippen molar-refractivity contribution in [3.05, 3.63) is 11.8 Å². The van der Waals surface area contributed by atoms with Gasteiger partial charge < -0.3 is 0 Å². The van der Waals surface area contributed by atoms with Gasteiger partial charge in [-0.3, -0.25) is 5.43 Å². The molecule has 2 rings (SSSR count). The Labute approximate surface area is 99.2 Å². The number of allylic oxidation sites excluding steroid dienone is 1. The van der Waals surface area contributed by atoms with Crippen LogP contribution in [0.25, 0.3) is 0 Å². The highest BCUT2D eigenvalue weighted by Crippen LogP contribution is 2.28. The van der Waals surface area contributed by atoms with Gasteiger partial charge in [0.15, 0.2) is 0 Å². The molecule has 0 aromatic heterocycles. The Hall–Kier alpha value is -0.790. The van der Waals surface area contributed by atoms with E-state index in [0.717, 1.165) is 0 Å². The molecular weight excluding hydrogens is 196 g/mol. The molecule has 0 aromatic rings. The fourth-order valence-corrected chi connectivity index (χ4v) is 2.87. The molecule has 1 atom stereocenters. The van der Waals surface area contributed by atoms with Crippen LogP contribution in [0.5, 0.6) is 0 Å². The second kappa shape index (κ2) is 6.07. The van der Waals surface area contributed by atoms with Crippen molar-refractivity contribution in [3.63, 3.8) is 0 Å². The lowest BCUT2D eigenvalue weighted by Crippen LogP contribution is -2.22. The predicted molar refractivity (Wildman–Crippen MR) is 69.4 cm³/mol. The minimum atomic E-state index is 0.638. The van der Waals surface area contributed by atoms with Gasteiger partial charge in [0, 0.05) is 17.8 Å². The summed E-state index contributed by atoms with van der Waals surface area (Å²) >= 11 is 0. The van der Waals surface area contributed by atoms with E-state index in [2.05, 4.69) is 23.7 Å². The molecule has 0 bridgehead atoms. The number of hydrazone groups is 1. The molecule has 0 radical (unpaired) electrons. The van der Waals surface area contributed by atoms with Gasteiger partial charge in [-0.05, 0) is 31.8 Å². The second-order valence-electron chi connectivity index (χ2n) is 5.17. The van der Waals surface area contributed by atoms with E-state index >= 15 is 0 Å². The molecule has 0 saturated heterocycles. The van der Waals surface area contributed by atoms with Gasteiger partial charge in [0.1, 0.15) is 0 Å². The molecule has 1 fully saturated rings. The van der Waals surface area contributed by atoms with E-state index in [1.54, 1.807) is 5.57 Å². The Morgan fingerprint density at radius 2 is 1.75 bits per heavy atom. The summed E-state index contributed by atoms with van der Waals surface area (Å²) in [6, 6.07) is 0. The molecule has 16 heavy (non-hydrogen) atoms. The maximum absolute atomic E-state index is 4.35. The molecule has 2 heteroatoms. The molecule has 0 spiro atoms. The summed E-state index contributed by atoms with van der Waals surface area (Å²) in [5.41, 5.74) is 5.94. The van der Waals surface area contributed by atoms with Crippen LogP contribution in [0.15, 0.2) is 16.9 Å². The normalized spacial score (nSPS) is 27.9. The van der Waals surface area contributed by atoms with Gasteiger partial charge in [0.05, 0.1) is 0 Å². The van der Waals surface area contributed by atoms with Crippen molar-refractivity contribution in [2.45, 2.75) is 64.7 Å². The first-order valence-electron chi connectivity index (χ1n) is 6.86. The Morgan fingerprint density at radius 1 is 1.06 bits per heavy atom. The van der Waals surface area contributed by atoms with Gasteiger partial charge in [-0.25, -0.2) is 0 Å². The zero-order valence-corrected chi connectivity index (χ0v) is 10.5. The van der Waals surface area contributed by atoms with Crippen molar-refractivity contribution in [1.82, 2.24) is 5.43 Å². The van der Waals surface area contributed by atoms with Gasteiger partial charge in [-0.2, -0.15) is 5.10 Å². The summed E-state index contributed by atoms with van der Waals surface area (Å²) < 4.78 is 0. The topological polar surface area (TPSA) is 24.4 Å². The third kappa shape index (κ3) is 3.10. The minimum absolute atomic E-state index is 0.638. The Kier molecular flexibility index (Phi) is 4.44. The lowest BCUT2D eigenvalue weighted by Gasteiger charge is -2.23. The first-order chi connectivity index (χ1) is 7.88. The standard InChI is InChI=1S/C14H24N2/c1-12-14-10-8-6-4-2-3-5-7-9-13(14)11-15-16-12/h11,14-15H,2-10H2,1H3. The number of nitrogens with one attached hydrogen (secondary N) is 1. The van der Waals surface area contributed by atoms with Crippen LogP contribution in [0.3, 0.4) is 0 Å². The zero-order valence-electron chi connectivity index (χ0n) is 10.5. The average Bonchev–Trinajstić information content (AvgIpc) is 2.34. The van der Waals surface area contributed by atoms with Crippen LogP contribution in [0, 0.1) is 5.92 Å². The summed E-state index contributed by atoms with van der Waals surface area (Å²) in [5, 5.41) is 4.35. The Morgan fingerprint density at radius 3 is 2.56 bits per heavy atom. The van der Waals surface area contributed by atoms with Gasteiger partial charge in [-0.1, -0.05) is 38.5 Å². The maximum atomic E-state index is 4.35. The molecule has 1 heterocycles. The van der Waals surface area contributed by atoms with Crippen LogP contribution in [0.1, 0.15) is 64.7 Å². The smallest absolute Gasteiger partial charge is 0.0423 e. The molecule has 2 nitrogen and oxygen atoms in total. The number of fused-ring (bicyclic) bond motifs is 1. The highest BCUT2D eigenvalue weighted by molar-refractivity contribution is 5.87. The summed E-state index contributed by atoms with van der Waals surface area (Å²) in [5.74, 6) is 0.638. The number of rotatable bonds is 0. The van der Waals surface area contributed by atoms with Gasteiger partial charge in [0.2, 0.25) is 0 Å². The van der Waals surface area contributed by atoms with Crippen LogP contribution in [-0.4, -0.2) is 5.71 Å². The molecule has 1 aliphatic heterocycles. The SMILES string of the molecule is CC1=NNC=C2CCCCCCCCCC21. The summed E-state index contributed by atoms with van der Waals surface area (Å²) in [6.07, 6.45) is 14.6. The van der Waals surface area contributed by atoms with E-state index in [1.165, 1.54) is 63.5 Å². The molecule has 1 saturated carbocycles. The van der Waals surface area contributed by atoms with E-state index in [4.69, 9.17) is 0 Å². The molecule has 1 unspecified atom stereocenters. The summed E-state index contributed by atoms with van der Waals surface area (Å²) in [4.78, 5) is 0. The van der Waals surface area contributed by atoms with Crippen LogP contribution >= 0.6 is 0 Å². The van der Waals surface area contributed by atoms with Crippen molar-refractivity contribution in [3.8, 4) is 0 Å². The molecule has 0 aromatic carbocycles. The molecule has 1 N–H and O–H groups in total. The van der Waals surface area contributed by atoms with E-state index in [1.807, 2.05) is 0 Å². The fourth-order valence-electron chi connectivity index (χ4n) is 2.87. The van der Waals surface area contributed by atoms with Crippen molar-refractivity contribution in [2.75, 3.05) is 0 Å². The average molecular weight is 220 g/mol. The van der Waals surface area contributed by atoms with Gasteiger partial charge >= 0.3 is 0 Å². The minimum Gasteiger partial charge on any atom is -0.286 e. The highest BCUT2D eigenvalue weighted by Gasteiger charge is 2.20.